The number of anilines is 2. The number of nitrogens with zero attached hydrogens (tertiary/aromatic N) is 4. The van der Waals surface area contributed by atoms with Gasteiger partial charge in [-0.3, -0.25) is 0 Å². The van der Waals surface area contributed by atoms with Crippen molar-refractivity contribution >= 4 is 22.9 Å². The molecule has 2 rings (SSSR count). The Kier molecular flexibility index (Phi) is 5.81. The lowest BCUT2D eigenvalue weighted by Gasteiger charge is -2.22. The molecule has 0 radical (unpaired) electrons. The lowest BCUT2D eigenvalue weighted by atomic mass is 10.2. The Labute approximate surface area is 128 Å². The molecule has 0 aliphatic rings. The van der Waals surface area contributed by atoms with E-state index in [9.17, 15) is 0 Å². The second kappa shape index (κ2) is 8.06. The fraction of sp³-hybridized carbons (Fsp3) is 0.267. The van der Waals surface area contributed by atoms with Crippen LogP contribution in [0.5, 0.6) is 0 Å². The predicted octanol–water partition coefficient (Wildman–Crippen LogP) is 1.87. The molecule has 7 nitrogen and oxygen atoms in total. The van der Waals surface area contributed by atoms with Gasteiger partial charge < -0.3 is 20.8 Å². The monoisotopic (exact) mass is 301 g/mol. The third kappa shape index (κ3) is 4.51. The largest absolute Gasteiger partial charge is 0.395 e. The van der Waals surface area contributed by atoms with E-state index in [1.807, 2.05) is 29.2 Å². The topological polar surface area (TPSA) is 107 Å². The minimum Gasteiger partial charge on any atom is -0.395 e. The van der Waals surface area contributed by atoms with Crippen LogP contribution in [0.25, 0.3) is 0 Å². The van der Waals surface area contributed by atoms with Gasteiger partial charge in [-0.2, -0.15) is 5.11 Å². The Hall–Kier alpha value is -2.51. The zero-order valence-electron chi connectivity index (χ0n) is 12.1. The van der Waals surface area contributed by atoms with Gasteiger partial charge in [0.1, 0.15) is 11.5 Å². The number of aliphatic hydroxyl groups excluding tert-OH is 2. The van der Waals surface area contributed by atoms with Crippen LogP contribution in [-0.2, 0) is 0 Å². The highest BCUT2D eigenvalue weighted by molar-refractivity contribution is 5.53. The molecule has 0 aliphatic carbocycles. The molecule has 0 fully saturated rings. The van der Waals surface area contributed by atoms with E-state index in [4.69, 9.17) is 15.9 Å². The Morgan fingerprint density at radius 3 is 2.05 bits per heavy atom. The zero-order valence-corrected chi connectivity index (χ0v) is 12.1. The Balaban J connectivity index is 2.06. The van der Waals surface area contributed by atoms with Crippen molar-refractivity contribution in [3.8, 4) is 0 Å². The minimum absolute atomic E-state index is 0.0333. The number of rotatable bonds is 7. The predicted molar refractivity (Wildman–Crippen MR) is 85.7 cm³/mol. The first-order valence-electron chi connectivity index (χ1n) is 6.93. The van der Waals surface area contributed by atoms with Gasteiger partial charge in [-0.25, -0.2) is 4.98 Å². The summed E-state index contributed by atoms with van der Waals surface area (Å²) >= 11 is 0. The number of hydrogen-bond donors (Lipinski definition) is 3. The molecular weight excluding hydrogens is 282 g/mol. The second-order valence-electron chi connectivity index (χ2n) is 4.59. The second-order valence-corrected chi connectivity index (χ2v) is 4.59. The van der Waals surface area contributed by atoms with Crippen molar-refractivity contribution in [3.05, 3.63) is 42.6 Å². The first kappa shape index (κ1) is 15.9. The Morgan fingerprint density at radius 2 is 1.50 bits per heavy atom. The summed E-state index contributed by atoms with van der Waals surface area (Å²) in [6.07, 6.45) is 1.55. The summed E-state index contributed by atoms with van der Waals surface area (Å²) in [5, 5.41) is 26.3. The van der Waals surface area contributed by atoms with Crippen molar-refractivity contribution in [2.24, 2.45) is 10.2 Å². The zero-order chi connectivity index (χ0) is 15.8. The molecule has 2 aromatic rings. The van der Waals surface area contributed by atoms with Crippen molar-refractivity contribution < 1.29 is 10.2 Å². The number of aliphatic hydroxyl groups is 2. The molecular formula is C15H19N5O2. The molecule has 0 bridgehead atoms. The van der Waals surface area contributed by atoms with E-state index in [0.29, 0.717) is 30.3 Å². The molecule has 0 atom stereocenters. The van der Waals surface area contributed by atoms with E-state index in [-0.39, 0.29) is 13.2 Å². The fourth-order valence-corrected chi connectivity index (χ4v) is 1.91. The molecule has 1 aromatic carbocycles. The molecule has 0 amide bonds. The smallest absolute Gasteiger partial charge is 0.123 e. The van der Waals surface area contributed by atoms with E-state index in [1.165, 1.54) is 0 Å². The molecule has 0 spiro atoms. The van der Waals surface area contributed by atoms with Crippen molar-refractivity contribution in [2.75, 3.05) is 36.9 Å². The van der Waals surface area contributed by atoms with Crippen LogP contribution in [0.2, 0.25) is 0 Å². The fourth-order valence-electron chi connectivity index (χ4n) is 1.91. The first-order chi connectivity index (χ1) is 10.7. The van der Waals surface area contributed by atoms with E-state index >= 15 is 0 Å². The number of nitrogens with two attached hydrogens (primary N) is 1. The van der Waals surface area contributed by atoms with Crippen molar-refractivity contribution in [2.45, 2.75) is 0 Å². The van der Waals surface area contributed by atoms with E-state index in [1.54, 1.807) is 18.3 Å². The average Bonchev–Trinajstić information content (AvgIpc) is 2.55. The quantitative estimate of drug-likeness (QED) is 0.677. The highest BCUT2D eigenvalue weighted by Gasteiger charge is 2.04. The van der Waals surface area contributed by atoms with E-state index in [2.05, 4.69) is 15.2 Å². The molecule has 0 aliphatic heterocycles. The molecule has 1 heterocycles. The average molecular weight is 301 g/mol. The highest BCUT2D eigenvalue weighted by atomic mass is 16.3. The van der Waals surface area contributed by atoms with Crippen LogP contribution in [0, 0.1) is 0 Å². The van der Waals surface area contributed by atoms with Gasteiger partial charge in [-0.05, 0) is 36.4 Å². The van der Waals surface area contributed by atoms with Gasteiger partial charge in [0, 0.05) is 18.8 Å². The van der Waals surface area contributed by atoms with Crippen molar-refractivity contribution in [1.29, 1.82) is 0 Å². The molecule has 22 heavy (non-hydrogen) atoms. The van der Waals surface area contributed by atoms with Gasteiger partial charge in [-0.15, -0.1) is 5.11 Å². The molecule has 116 valence electrons. The van der Waals surface area contributed by atoms with Gasteiger partial charge in [0.2, 0.25) is 0 Å². The normalized spacial score (nSPS) is 11.0. The van der Waals surface area contributed by atoms with Gasteiger partial charge in [-0.1, -0.05) is 0 Å². The van der Waals surface area contributed by atoms with Crippen LogP contribution in [0.1, 0.15) is 0 Å². The lowest BCUT2D eigenvalue weighted by Crippen LogP contribution is -2.29. The number of azo groups is 1. The number of aromatic nitrogens is 1. The molecule has 0 saturated carbocycles. The summed E-state index contributed by atoms with van der Waals surface area (Å²) in [7, 11) is 0. The summed E-state index contributed by atoms with van der Waals surface area (Å²) in [6, 6.07) is 10.8. The Bertz CT molecular complexity index is 592. The summed E-state index contributed by atoms with van der Waals surface area (Å²) in [5.41, 5.74) is 7.75. The summed E-state index contributed by atoms with van der Waals surface area (Å²) in [6.45, 7) is 1.01. The van der Waals surface area contributed by atoms with Gasteiger partial charge >= 0.3 is 0 Å². The van der Waals surface area contributed by atoms with Crippen molar-refractivity contribution in [1.82, 2.24) is 4.98 Å². The number of nitrogen functional groups attached to an aromatic ring is 1. The lowest BCUT2D eigenvalue weighted by molar-refractivity contribution is 0.281. The van der Waals surface area contributed by atoms with Crippen LogP contribution >= 0.6 is 0 Å². The van der Waals surface area contributed by atoms with Crippen LogP contribution in [0.3, 0.4) is 0 Å². The van der Waals surface area contributed by atoms with Crippen LogP contribution in [-0.4, -0.2) is 41.5 Å². The van der Waals surface area contributed by atoms with Gasteiger partial charge in [0.25, 0.3) is 0 Å². The molecule has 4 N–H and O–H groups in total. The third-order valence-electron chi connectivity index (χ3n) is 3.01. The maximum absolute atomic E-state index is 9.04. The molecule has 0 unspecified atom stereocenters. The number of benzene rings is 1. The standard InChI is InChI=1S/C15H19N5O2/c16-15-6-3-13(11-17-15)19-18-12-1-4-14(5-2-12)20(7-9-21)8-10-22/h1-6,11,21-22H,7-10H2,(H2,16,17). The summed E-state index contributed by atoms with van der Waals surface area (Å²) in [5.74, 6) is 0.441. The SMILES string of the molecule is Nc1ccc(N=Nc2ccc(N(CCO)CCO)cc2)cn1. The highest BCUT2D eigenvalue weighted by Crippen LogP contribution is 2.22. The van der Waals surface area contributed by atoms with Crippen molar-refractivity contribution in [3.63, 3.8) is 0 Å². The molecule has 7 heteroatoms. The van der Waals surface area contributed by atoms with Crippen LogP contribution in [0.4, 0.5) is 22.9 Å². The van der Waals surface area contributed by atoms with Gasteiger partial charge in [0.05, 0.1) is 25.1 Å². The van der Waals surface area contributed by atoms with E-state index in [0.717, 1.165) is 5.69 Å². The van der Waals surface area contributed by atoms with Gasteiger partial charge in [0.15, 0.2) is 0 Å². The molecule has 0 saturated heterocycles. The number of hydrogen-bond acceptors (Lipinski definition) is 7. The first-order valence-corrected chi connectivity index (χ1v) is 6.93. The molecule has 1 aromatic heterocycles. The maximum Gasteiger partial charge on any atom is 0.123 e. The van der Waals surface area contributed by atoms with Crippen LogP contribution in [0.15, 0.2) is 52.8 Å². The van der Waals surface area contributed by atoms with Crippen LogP contribution < -0.4 is 10.6 Å². The summed E-state index contributed by atoms with van der Waals surface area (Å²) < 4.78 is 0. The minimum atomic E-state index is 0.0333. The Morgan fingerprint density at radius 1 is 0.909 bits per heavy atom. The third-order valence-corrected chi connectivity index (χ3v) is 3.01. The number of pyridine rings is 1. The maximum atomic E-state index is 9.04. The van der Waals surface area contributed by atoms with E-state index < -0.39 is 0 Å². The summed E-state index contributed by atoms with van der Waals surface area (Å²) in [4.78, 5) is 5.83.